The summed E-state index contributed by atoms with van der Waals surface area (Å²) in [6.45, 7) is 8.32. The van der Waals surface area contributed by atoms with Crippen molar-refractivity contribution >= 4 is 46.7 Å². The summed E-state index contributed by atoms with van der Waals surface area (Å²) in [6, 6.07) is 7.83. The molecule has 0 atom stereocenters. The second kappa shape index (κ2) is 10.7. The van der Waals surface area contributed by atoms with E-state index in [4.69, 9.17) is 4.42 Å². The predicted molar refractivity (Wildman–Crippen MR) is 130 cm³/mol. The smallest absolute Gasteiger partial charge is 0.261 e. The molecule has 33 heavy (non-hydrogen) atoms. The zero-order valence-corrected chi connectivity index (χ0v) is 20.4. The van der Waals surface area contributed by atoms with E-state index >= 15 is 0 Å². The van der Waals surface area contributed by atoms with Crippen LogP contribution in [0.5, 0.6) is 0 Å². The normalized spacial score (nSPS) is 11.1. The standard InChI is InChI=1S/C21H26N8O2S2/c1-4-22-18-24-19(23-5-2)29-20(25-18)26-27-21(29)32-13-17(30)28(11-15-7-6-10-31-15)12-16-9-8-14(3)33-16/h6-10H,4-5,11-13H2,1-3H3,(H2,22,23,24,25,26). The van der Waals surface area contributed by atoms with Gasteiger partial charge in [0.2, 0.25) is 17.8 Å². The number of hydrogen-bond acceptors (Lipinski definition) is 10. The fourth-order valence-electron chi connectivity index (χ4n) is 3.20. The fraction of sp³-hybridized carbons (Fsp3) is 0.381. The molecule has 174 valence electrons. The van der Waals surface area contributed by atoms with Crippen LogP contribution in [-0.2, 0) is 17.9 Å². The van der Waals surface area contributed by atoms with Crippen molar-refractivity contribution in [3.63, 3.8) is 0 Å². The molecule has 0 aliphatic heterocycles. The van der Waals surface area contributed by atoms with Gasteiger partial charge in [-0.2, -0.15) is 9.97 Å². The molecule has 0 bridgehead atoms. The SMILES string of the molecule is CCNc1nc(NCC)n2c(SCC(=O)N(Cc3ccco3)Cc3ccc(C)s3)nnc2n1. The summed E-state index contributed by atoms with van der Waals surface area (Å²) in [7, 11) is 0. The van der Waals surface area contributed by atoms with Crippen LogP contribution in [0.3, 0.4) is 0 Å². The molecule has 4 heterocycles. The number of carbonyl (C=O) groups excluding carboxylic acids is 1. The average molecular weight is 487 g/mol. The van der Waals surface area contributed by atoms with E-state index in [-0.39, 0.29) is 11.7 Å². The monoisotopic (exact) mass is 486 g/mol. The first-order valence-electron chi connectivity index (χ1n) is 10.7. The topological polar surface area (TPSA) is 113 Å². The van der Waals surface area contributed by atoms with E-state index in [1.165, 1.54) is 16.6 Å². The molecule has 2 N–H and O–H groups in total. The molecule has 0 aliphatic rings. The van der Waals surface area contributed by atoms with Crippen LogP contribution < -0.4 is 10.6 Å². The van der Waals surface area contributed by atoms with Gasteiger partial charge in [-0.15, -0.1) is 21.5 Å². The van der Waals surface area contributed by atoms with Gasteiger partial charge in [0, 0.05) is 22.8 Å². The largest absolute Gasteiger partial charge is 0.467 e. The zero-order chi connectivity index (χ0) is 23.2. The Kier molecular flexibility index (Phi) is 7.45. The lowest BCUT2D eigenvalue weighted by molar-refractivity contribution is -0.129. The quantitative estimate of drug-likeness (QED) is 0.307. The highest BCUT2D eigenvalue weighted by Crippen LogP contribution is 2.23. The molecule has 4 aromatic rings. The van der Waals surface area contributed by atoms with Crippen molar-refractivity contribution < 1.29 is 9.21 Å². The van der Waals surface area contributed by atoms with Crippen LogP contribution in [0.4, 0.5) is 11.9 Å². The lowest BCUT2D eigenvalue weighted by Gasteiger charge is -2.21. The molecule has 4 rings (SSSR count). The van der Waals surface area contributed by atoms with Crippen LogP contribution in [0.2, 0.25) is 0 Å². The van der Waals surface area contributed by atoms with Crippen LogP contribution in [0.15, 0.2) is 40.1 Å². The number of thiophene rings is 1. The number of thioether (sulfide) groups is 1. The maximum Gasteiger partial charge on any atom is 0.261 e. The molecule has 0 saturated carbocycles. The highest BCUT2D eigenvalue weighted by molar-refractivity contribution is 7.99. The number of hydrogen-bond donors (Lipinski definition) is 2. The second-order valence-electron chi connectivity index (χ2n) is 7.18. The summed E-state index contributed by atoms with van der Waals surface area (Å²) >= 11 is 3.00. The number of furan rings is 1. The minimum atomic E-state index is -0.0191. The molecule has 10 nitrogen and oxygen atoms in total. The molecule has 0 radical (unpaired) electrons. The minimum absolute atomic E-state index is 0.0191. The van der Waals surface area contributed by atoms with Gasteiger partial charge in [0.05, 0.1) is 25.1 Å². The number of nitrogens with one attached hydrogen (secondary N) is 2. The van der Waals surface area contributed by atoms with Crippen molar-refractivity contribution in [2.24, 2.45) is 0 Å². The fourth-order valence-corrected chi connectivity index (χ4v) is 4.93. The van der Waals surface area contributed by atoms with E-state index in [9.17, 15) is 4.79 Å². The lowest BCUT2D eigenvalue weighted by atomic mass is 10.3. The van der Waals surface area contributed by atoms with Crippen LogP contribution in [0.1, 0.15) is 29.4 Å². The van der Waals surface area contributed by atoms with Crippen molar-refractivity contribution in [1.29, 1.82) is 0 Å². The maximum absolute atomic E-state index is 13.2. The van der Waals surface area contributed by atoms with E-state index < -0.39 is 0 Å². The van der Waals surface area contributed by atoms with Gasteiger partial charge in [0.25, 0.3) is 5.78 Å². The van der Waals surface area contributed by atoms with Gasteiger partial charge in [0.1, 0.15) is 5.76 Å². The number of rotatable bonds is 11. The second-order valence-corrected chi connectivity index (χ2v) is 9.49. The number of aromatic nitrogens is 5. The summed E-state index contributed by atoms with van der Waals surface area (Å²) in [6.07, 6.45) is 1.62. The Hall–Kier alpha value is -3.12. The Labute approximate surface area is 199 Å². The molecule has 0 aliphatic carbocycles. The molecule has 1 amide bonds. The highest BCUT2D eigenvalue weighted by atomic mass is 32.2. The molecular weight excluding hydrogens is 460 g/mol. The van der Waals surface area contributed by atoms with Crippen molar-refractivity contribution in [3.05, 3.63) is 46.0 Å². The molecule has 12 heteroatoms. The Bertz CT molecular complexity index is 1200. The predicted octanol–water partition coefficient (Wildman–Crippen LogP) is 3.67. The van der Waals surface area contributed by atoms with E-state index in [0.29, 0.717) is 49.0 Å². The van der Waals surface area contributed by atoms with Crippen molar-refractivity contribution in [3.8, 4) is 0 Å². The third-order valence-electron chi connectivity index (χ3n) is 4.66. The van der Waals surface area contributed by atoms with Gasteiger partial charge in [-0.25, -0.2) is 4.40 Å². The molecule has 0 spiro atoms. The van der Waals surface area contributed by atoms with E-state index in [2.05, 4.69) is 49.9 Å². The highest BCUT2D eigenvalue weighted by Gasteiger charge is 2.20. The Morgan fingerprint density at radius 2 is 2.00 bits per heavy atom. The number of anilines is 2. The van der Waals surface area contributed by atoms with Gasteiger partial charge in [-0.3, -0.25) is 4.79 Å². The number of nitrogens with zero attached hydrogens (tertiary/aromatic N) is 6. The third kappa shape index (κ3) is 5.63. The Balaban J connectivity index is 1.52. The summed E-state index contributed by atoms with van der Waals surface area (Å²) < 4.78 is 7.22. The molecule has 4 aromatic heterocycles. The average Bonchev–Trinajstić information content (AvgIpc) is 3.54. The number of aryl methyl sites for hydroxylation is 1. The van der Waals surface area contributed by atoms with Crippen LogP contribution >= 0.6 is 23.1 Å². The molecular formula is C21H26N8O2S2. The van der Waals surface area contributed by atoms with Crippen LogP contribution in [0.25, 0.3) is 5.78 Å². The van der Waals surface area contributed by atoms with Gasteiger partial charge in [0.15, 0.2) is 5.16 Å². The summed E-state index contributed by atoms with van der Waals surface area (Å²) in [4.78, 5) is 26.3. The zero-order valence-electron chi connectivity index (χ0n) is 18.7. The summed E-state index contributed by atoms with van der Waals surface area (Å²) in [5, 5.41) is 15.3. The van der Waals surface area contributed by atoms with Gasteiger partial charge in [-0.1, -0.05) is 11.8 Å². The molecule has 0 saturated heterocycles. The number of amides is 1. The Morgan fingerprint density at radius 1 is 1.15 bits per heavy atom. The van der Waals surface area contributed by atoms with E-state index in [1.54, 1.807) is 26.9 Å². The van der Waals surface area contributed by atoms with Crippen molar-refractivity contribution in [2.45, 2.75) is 39.0 Å². The number of fused-ring (bicyclic) bond motifs is 1. The van der Waals surface area contributed by atoms with Crippen molar-refractivity contribution in [1.82, 2.24) is 29.5 Å². The van der Waals surface area contributed by atoms with Crippen LogP contribution in [0, 0.1) is 6.92 Å². The summed E-state index contributed by atoms with van der Waals surface area (Å²) in [5.74, 6) is 2.42. The molecule has 0 fully saturated rings. The summed E-state index contributed by atoms with van der Waals surface area (Å²) in [5.41, 5.74) is 0. The third-order valence-corrected chi connectivity index (χ3v) is 6.56. The Morgan fingerprint density at radius 3 is 2.70 bits per heavy atom. The first-order valence-corrected chi connectivity index (χ1v) is 12.5. The minimum Gasteiger partial charge on any atom is -0.467 e. The lowest BCUT2D eigenvalue weighted by Crippen LogP contribution is -2.31. The van der Waals surface area contributed by atoms with Gasteiger partial charge in [-0.05, 0) is 45.0 Å². The first-order chi connectivity index (χ1) is 16.1. The van der Waals surface area contributed by atoms with Gasteiger partial charge < -0.3 is 20.0 Å². The van der Waals surface area contributed by atoms with Crippen molar-refractivity contribution in [2.75, 3.05) is 29.5 Å². The molecule has 0 aromatic carbocycles. The van der Waals surface area contributed by atoms with E-state index in [1.807, 2.05) is 26.0 Å². The van der Waals surface area contributed by atoms with Crippen LogP contribution in [-0.4, -0.2) is 54.2 Å². The maximum atomic E-state index is 13.2. The first kappa shape index (κ1) is 23.1. The number of carbonyl (C=O) groups is 1. The van der Waals surface area contributed by atoms with E-state index in [0.717, 1.165) is 10.6 Å². The van der Waals surface area contributed by atoms with Gasteiger partial charge >= 0.3 is 0 Å². The molecule has 0 unspecified atom stereocenters.